The number of aromatic nitrogens is 1. The van der Waals surface area contributed by atoms with Gasteiger partial charge in [0.15, 0.2) is 0 Å². The van der Waals surface area contributed by atoms with Gasteiger partial charge in [-0.2, -0.15) is 0 Å². The Morgan fingerprint density at radius 2 is 2.45 bits per heavy atom. The highest BCUT2D eigenvalue weighted by molar-refractivity contribution is 5.88. The van der Waals surface area contributed by atoms with Gasteiger partial charge < -0.3 is 5.11 Å². The molecule has 0 aliphatic heterocycles. The summed E-state index contributed by atoms with van der Waals surface area (Å²) in [6, 6.07) is 2.78. The van der Waals surface area contributed by atoms with Crippen molar-refractivity contribution in [2.24, 2.45) is 0 Å². The largest absolute Gasteiger partial charge is 0.478 e. The minimum atomic E-state index is -1.15. The minimum absolute atomic E-state index is 0.0278. The van der Waals surface area contributed by atoms with E-state index in [0.717, 1.165) is 0 Å². The van der Waals surface area contributed by atoms with E-state index in [1.165, 1.54) is 18.3 Å². The van der Waals surface area contributed by atoms with E-state index in [-0.39, 0.29) is 11.3 Å². The molecule has 0 bridgehead atoms. The Bertz CT molecular complexity index is 275. The SMILES string of the molecule is O=C(O)c1cccnc1CF. The summed E-state index contributed by atoms with van der Waals surface area (Å²) < 4.78 is 12.0. The molecule has 0 aliphatic carbocycles. The van der Waals surface area contributed by atoms with Crippen LogP contribution in [-0.4, -0.2) is 16.1 Å². The summed E-state index contributed by atoms with van der Waals surface area (Å²) in [4.78, 5) is 13.9. The highest BCUT2D eigenvalue weighted by Gasteiger charge is 2.08. The number of nitrogens with zero attached hydrogens (tertiary/aromatic N) is 1. The number of carboxylic acid groups (broad SMARTS) is 1. The van der Waals surface area contributed by atoms with E-state index in [1.807, 2.05) is 0 Å². The minimum Gasteiger partial charge on any atom is -0.478 e. The summed E-state index contributed by atoms with van der Waals surface area (Å²) in [7, 11) is 0. The predicted molar refractivity (Wildman–Crippen MR) is 36.0 cm³/mol. The van der Waals surface area contributed by atoms with Crippen LogP contribution in [0.4, 0.5) is 4.39 Å². The third-order valence-corrected chi connectivity index (χ3v) is 1.25. The molecule has 0 spiro atoms. The van der Waals surface area contributed by atoms with Crippen LogP contribution in [0.3, 0.4) is 0 Å². The van der Waals surface area contributed by atoms with Crippen molar-refractivity contribution in [3.63, 3.8) is 0 Å². The molecule has 1 N–H and O–H groups in total. The molecule has 0 saturated heterocycles. The zero-order valence-electron chi connectivity index (χ0n) is 5.62. The Morgan fingerprint density at radius 1 is 1.73 bits per heavy atom. The Balaban J connectivity index is 3.12. The van der Waals surface area contributed by atoms with Gasteiger partial charge in [-0.1, -0.05) is 0 Å². The van der Waals surface area contributed by atoms with E-state index in [9.17, 15) is 9.18 Å². The van der Waals surface area contributed by atoms with Gasteiger partial charge in [-0.3, -0.25) is 4.98 Å². The normalized spacial score (nSPS) is 9.55. The molecule has 0 radical (unpaired) electrons. The van der Waals surface area contributed by atoms with E-state index in [2.05, 4.69) is 4.98 Å². The predicted octanol–water partition coefficient (Wildman–Crippen LogP) is 1.25. The van der Waals surface area contributed by atoms with Gasteiger partial charge in [0.2, 0.25) is 0 Å². The smallest absolute Gasteiger partial charge is 0.337 e. The fraction of sp³-hybridized carbons (Fsp3) is 0.143. The third-order valence-electron chi connectivity index (χ3n) is 1.25. The lowest BCUT2D eigenvalue weighted by Gasteiger charge is -1.97. The van der Waals surface area contributed by atoms with Crippen LogP contribution in [0.5, 0.6) is 0 Å². The average Bonchev–Trinajstić information content (AvgIpc) is 2.04. The van der Waals surface area contributed by atoms with Crippen molar-refractivity contribution in [3.05, 3.63) is 29.6 Å². The molecule has 0 aromatic carbocycles. The topological polar surface area (TPSA) is 50.2 Å². The zero-order chi connectivity index (χ0) is 8.27. The summed E-state index contributed by atoms with van der Waals surface area (Å²) in [6.45, 7) is -0.845. The summed E-state index contributed by atoms with van der Waals surface area (Å²) in [5.74, 6) is -1.15. The molecule has 1 aromatic heterocycles. The Kier molecular flexibility index (Phi) is 2.15. The molecule has 1 heterocycles. The van der Waals surface area contributed by atoms with E-state index in [1.54, 1.807) is 0 Å². The van der Waals surface area contributed by atoms with Gasteiger partial charge in [0.25, 0.3) is 0 Å². The number of hydrogen-bond donors (Lipinski definition) is 1. The lowest BCUT2D eigenvalue weighted by atomic mass is 10.2. The van der Waals surface area contributed by atoms with Crippen LogP contribution in [0.15, 0.2) is 18.3 Å². The van der Waals surface area contributed by atoms with Crippen molar-refractivity contribution in [3.8, 4) is 0 Å². The zero-order valence-corrected chi connectivity index (χ0v) is 5.62. The second-order valence-electron chi connectivity index (χ2n) is 1.94. The number of halogens is 1. The third kappa shape index (κ3) is 1.52. The van der Waals surface area contributed by atoms with E-state index < -0.39 is 12.6 Å². The molecule has 58 valence electrons. The van der Waals surface area contributed by atoms with E-state index >= 15 is 0 Å². The molecule has 0 atom stereocenters. The first kappa shape index (κ1) is 7.65. The molecule has 1 aromatic rings. The van der Waals surface area contributed by atoms with Crippen molar-refractivity contribution >= 4 is 5.97 Å². The van der Waals surface area contributed by atoms with Crippen LogP contribution in [0, 0.1) is 0 Å². The van der Waals surface area contributed by atoms with Crippen molar-refractivity contribution < 1.29 is 14.3 Å². The maximum absolute atomic E-state index is 12.0. The van der Waals surface area contributed by atoms with Gasteiger partial charge in [-0.25, -0.2) is 9.18 Å². The van der Waals surface area contributed by atoms with Crippen molar-refractivity contribution in [1.82, 2.24) is 4.98 Å². The molecular weight excluding hydrogens is 149 g/mol. The molecule has 0 aliphatic rings. The Labute approximate surface area is 62.5 Å². The van der Waals surface area contributed by atoms with Crippen molar-refractivity contribution in [2.45, 2.75) is 6.67 Å². The maximum Gasteiger partial charge on any atom is 0.337 e. The first-order valence-corrected chi connectivity index (χ1v) is 2.99. The summed E-state index contributed by atoms with van der Waals surface area (Å²) in [5.41, 5.74) is -0.102. The fourth-order valence-electron chi connectivity index (χ4n) is 0.739. The Morgan fingerprint density at radius 3 is 2.91 bits per heavy atom. The van der Waals surface area contributed by atoms with E-state index in [4.69, 9.17) is 5.11 Å². The van der Waals surface area contributed by atoms with Crippen LogP contribution < -0.4 is 0 Å². The second-order valence-corrected chi connectivity index (χ2v) is 1.94. The van der Waals surface area contributed by atoms with Crippen molar-refractivity contribution in [2.75, 3.05) is 0 Å². The lowest BCUT2D eigenvalue weighted by Crippen LogP contribution is -2.02. The molecule has 4 heteroatoms. The molecule has 1 rings (SSSR count). The molecule has 0 fully saturated rings. The van der Waals surface area contributed by atoms with Gasteiger partial charge in [0, 0.05) is 6.20 Å². The molecular formula is C7H6FNO2. The second kappa shape index (κ2) is 3.09. The van der Waals surface area contributed by atoms with Gasteiger partial charge in [0.1, 0.15) is 6.67 Å². The first-order chi connectivity index (χ1) is 5.25. The average molecular weight is 155 g/mol. The van der Waals surface area contributed by atoms with Crippen LogP contribution in [0.1, 0.15) is 16.1 Å². The monoisotopic (exact) mass is 155 g/mol. The number of pyridine rings is 1. The summed E-state index contributed by atoms with van der Waals surface area (Å²) in [5, 5.41) is 8.49. The highest BCUT2D eigenvalue weighted by Crippen LogP contribution is 2.05. The quantitative estimate of drug-likeness (QED) is 0.699. The number of carboxylic acids is 1. The van der Waals surface area contributed by atoms with Crippen LogP contribution in [-0.2, 0) is 6.67 Å². The van der Waals surface area contributed by atoms with E-state index in [0.29, 0.717) is 0 Å². The fourth-order valence-corrected chi connectivity index (χ4v) is 0.739. The highest BCUT2D eigenvalue weighted by atomic mass is 19.1. The number of rotatable bonds is 2. The number of aromatic carboxylic acids is 1. The van der Waals surface area contributed by atoms with Crippen LogP contribution in [0.2, 0.25) is 0 Å². The lowest BCUT2D eigenvalue weighted by molar-refractivity contribution is 0.0694. The summed E-state index contributed by atoms with van der Waals surface area (Å²) in [6.07, 6.45) is 1.36. The maximum atomic E-state index is 12.0. The summed E-state index contributed by atoms with van der Waals surface area (Å²) >= 11 is 0. The standard InChI is InChI=1S/C7H6FNO2/c8-4-6-5(7(10)11)2-1-3-9-6/h1-3H,4H2,(H,10,11). The Hall–Kier alpha value is -1.45. The van der Waals surface area contributed by atoms with Crippen LogP contribution in [0.25, 0.3) is 0 Å². The number of hydrogen-bond acceptors (Lipinski definition) is 2. The van der Waals surface area contributed by atoms with Gasteiger partial charge >= 0.3 is 5.97 Å². The van der Waals surface area contributed by atoms with Crippen LogP contribution >= 0.6 is 0 Å². The number of alkyl halides is 1. The van der Waals surface area contributed by atoms with Gasteiger partial charge in [-0.15, -0.1) is 0 Å². The van der Waals surface area contributed by atoms with Gasteiger partial charge in [-0.05, 0) is 12.1 Å². The molecule has 11 heavy (non-hydrogen) atoms. The molecule has 0 amide bonds. The first-order valence-electron chi connectivity index (χ1n) is 2.99. The van der Waals surface area contributed by atoms with Gasteiger partial charge in [0.05, 0.1) is 11.3 Å². The molecule has 0 saturated carbocycles. The van der Waals surface area contributed by atoms with Crippen molar-refractivity contribution in [1.29, 1.82) is 0 Å². The number of carbonyl (C=O) groups is 1. The molecule has 0 unspecified atom stereocenters. The molecule has 3 nitrogen and oxygen atoms in total.